The van der Waals surface area contributed by atoms with Gasteiger partial charge in [-0.15, -0.1) is 13.2 Å². The third kappa shape index (κ3) is 3.88. The lowest BCUT2D eigenvalue weighted by Gasteiger charge is -2.16. The zero-order valence-electron chi connectivity index (χ0n) is 11.2. The molecular formula is C15H14F3NO2. The fourth-order valence-electron chi connectivity index (χ4n) is 1.98. The van der Waals surface area contributed by atoms with Gasteiger partial charge in [0.2, 0.25) is 0 Å². The average molecular weight is 297 g/mol. The van der Waals surface area contributed by atoms with Crippen LogP contribution in [0.3, 0.4) is 0 Å². The number of nitrogens with two attached hydrogens (primary N) is 1. The Hall–Kier alpha value is -2.21. The van der Waals surface area contributed by atoms with E-state index in [1.54, 1.807) is 6.07 Å². The number of rotatable bonds is 4. The zero-order valence-corrected chi connectivity index (χ0v) is 11.2. The van der Waals surface area contributed by atoms with Gasteiger partial charge in [0.05, 0.1) is 13.2 Å². The fraction of sp³-hybridized carbons (Fsp3) is 0.200. The second-order valence-corrected chi connectivity index (χ2v) is 4.34. The molecule has 0 radical (unpaired) electrons. The Morgan fingerprint density at radius 1 is 1.00 bits per heavy atom. The number of halogens is 3. The molecule has 0 aromatic heterocycles. The summed E-state index contributed by atoms with van der Waals surface area (Å²) in [5.74, 6) is 0.346. The minimum absolute atomic E-state index is 0.279. The summed E-state index contributed by atoms with van der Waals surface area (Å²) in [6.45, 7) is 0. The first-order chi connectivity index (χ1) is 9.90. The molecule has 2 aromatic carbocycles. The molecule has 112 valence electrons. The third-order valence-electron chi connectivity index (χ3n) is 2.95. The summed E-state index contributed by atoms with van der Waals surface area (Å²) in [7, 11) is 1.53. The van der Waals surface area contributed by atoms with Gasteiger partial charge in [0.25, 0.3) is 0 Å². The van der Waals surface area contributed by atoms with Gasteiger partial charge in [-0.1, -0.05) is 30.3 Å². The molecule has 0 amide bonds. The zero-order chi connectivity index (χ0) is 15.5. The maximum atomic E-state index is 12.1. The van der Waals surface area contributed by atoms with Crippen LogP contribution in [0.5, 0.6) is 11.5 Å². The van der Waals surface area contributed by atoms with E-state index in [4.69, 9.17) is 10.5 Å². The molecule has 3 nitrogen and oxygen atoms in total. The van der Waals surface area contributed by atoms with E-state index < -0.39 is 12.4 Å². The highest BCUT2D eigenvalue weighted by Gasteiger charge is 2.31. The molecule has 0 aliphatic rings. The number of para-hydroxylation sites is 1. The molecule has 0 fully saturated rings. The van der Waals surface area contributed by atoms with Crippen molar-refractivity contribution in [2.24, 2.45) is 5.73 Å². The Balaban J connectivity index is 2.22. The van der Waals surface area contributed by atoms with Crippen molar-refractivity contribution in [3.05, 3.63) is 59.7 Å². The first kappa shape index (κ1) is 15.2. The molecule has 2 rings (SSSR count). The summed E-state index contributed by atoms with van der Waals surface area (Å²) in [5.41, 5.74) is 7.54. The second-order valence-electron chi connectivity index (χ2n) is 4.34. The Kier molecular flexibility index (Phi) is 4.37. The van der Waals surface area contributed by atoms with Crippen molar-refractivity contribution in [1.82, 2.24) is 0 Å². The predicted octanol–water partition coefficient (Wildman–Crippen LogP) is 3.64. The van der Waals surface area contributed by atoms with Crippen LogP contribution in [-0.4, -0.2) is 13.5 Å². The molecule has 1 atom stereocenters. The number of benzene rings is 2. The van der Waals surface area contributed by atoms with Crippen LogP contribution < -0.4 is 15.2 Å². The highest BCUT2D eigenvalue weighted by molar-refractivity contribution is 5.42. The van der Waals surface area contributed by atoms with E-state index in [0.29, 0.717) is 11.3 Å². The van der Waals surface area contributed by atoms with Crippen LogP contribution in [0.2, 0.25) is 0 Å². The molecule has 0 spiro atoms. The molecule has 0 heterocycles. The van der Waals surface area contributed by atoms with Gasteiger partial charge >= 0.3 is 6.36 Å². The molecule has 0 aliphatic carbocycles. The van der Waals surface area contributed by atoms with Crippen molar-refractivity contribution in [3.63, 3.8) is 0 Å². The minimum atomic E-state index is -4.70. The van der Waals surface area contributed by atoms with Crippen LogP contribution in [0.1, 0.15) is 17.2 Å². The number of methoxy groups -OCH3 is 1. The van der Waals surface area contributed by atoms with Crippen molar-refractivity contribution < 1.29 is 22.6 Å². The highest BCUT2D eigenvalue weighted by Crippen LogP contribution is 2.30. The standard InChI is InChI=1S/C15H14F3NO2/c1-20-13-5-3-2-4-12(13)14(19)10-6-8-11(9-7-10)21-15(16,17)18/h2-9,14H,19H2,1H3/t14-/m1/s1. The third-order valence-corrected chi connectivity index (χ3v) is 2.95. The van der Waals surface area contributed by atoms with Gasteiger partial charge in [0, 0.05) is 5.56 Å². The van der Waals surface area contributed by atoms with Gasteiger partial charge in [0.1, 0.15) is 11.5 Å². The number of alkyl halides is 3. The van der Waals surface area contributed by atoms with E-state index in [1.165, 1.54) is 31.4 Å². The lowest BCUT2D eigenvalue weighted by atomic mass is 9.99. The summed E-state index contributed by atoms with van der Waals surface area (Å²) in [6.07, 6.45) is -4.70. The number of hydrogen-bond acceptors (Lipinski definition) is 3. The Morgan fingerprint density at radius 3 is 2.19 bits per heavy atom. The Morgan fingerprint density at radius 2 is 1.62 bits per heavy atom. The topological polar surface area (TPSA) is 44.5 Å². The molecule has 2 aromatic rings. The minimum Gasteiger partial charge on any atom is -0.496 e. The summed E-state index contributed by atoms with van der Waals surface area (Å²) < 4.78 is 45.3. The maximum absolute atomic E-state index is 12.1. The largest absolute Gasteiger partial charge is 0.573 e. The van der Waals surface area contributed by atoms with Crippen molar-refractivity contribution in [1.29, 1.82) is 0 Å². The second kappa shape index (κ2) is 6.05. The average Bonchev–Trinajstić information content (AvgIpc) is 2.45. The van der Waals surface area contributed by atoms with E-state index in [1.807, 2.05) is 18.2 Å². The van der Waals surface area contributed by atoms with Gasteiger partial charge in [-0.3, -0.25) is 0 Å². The van der Waals surface area contributed by atoms with Gasteiger partial charge < -0.3 is 15.2 Å². The molecule has 2 N–H and O–H groups in total. The van der Waals surface area contributed by atoms with E-state index in [2.05, 4.69) is 4.74 Å². The molecule has 0 saturated heterocycles. The van der Waals surface area contributed by atoms with Crippen molar-refractivity contribution >= 4 is 0 Å². The normalized spacial score (nSPS) is 12.8. The van der Waals surface area contributed by atoms with Crippen molar-refractivity contribution in [3.8, 4) is 11.5 Å². The SMILES string of the molecule is COc1ccccc1[C@H](N)c1ccc(OC(F)(F)F)cc1. The summed E-state index contributed by atoms with van der Waals surface area (Å²) in [5, 5.41) is 0. The molecule has 0 bridgehead atoms. The summed E-state index contributed by atoms with van der Waals surface area (Å²) in [4.78, 5) is 0. The molecule has 0 aliphatic heterocycles. The Labute approximate surface area is 120 Å². The lowest BCUT2D eigenvalue weighted by molar-refractivity contribution is -0.274. The molecule has 6 heteroatoms. The van der Waals surface area contributed by atoms with E-state index in [0.717, 1.165) is 5.56 Å². The molecular weight excluding hydrogens is 283 g/mol. The quantitative estimate of drug-likeness (QED) is 0.937. The van der Waals surface area contributed by atoms with E-state index in [9.17, 15) is 13.2 Å². The van der Waals surface area contributed by atoms with Crippen LogP contribution >= 0.6 is 0 Å². The monoisotopic (exact) mass is 297 g/mol. The summed E-state index contributed by atoms with van der Waals surface area (Å²) in [6, 6.07) is 12.2. The van der Waals surface area contributed by atoms with E-state index in [-0.39, 0.29) is 5.75 Å². The van der Waals surface area contributed by atoms with Crippen molar-refractivity contribution in [2.45, 2.75) is 12.4 Å². The van der Waals surface area contributed by atoms with Crippen LogP contribution in [0, 0.1) is 0 Å². The highest BCUT2D eigenvalue weighted by atomic mass is 19.4. The van der Waals surface area contributed by atoms with Crippen LogP contribution in [0.25, 0.3) is 0 Å². The first-order valence-electron chi connectivity index (χ1n) is 6.15. The molecule has 21 heavy (non-hydrogen) atoms. The van der Waals surface area contributed by atoms with Crippen LogP contribution in [-0.2, 0) is 0 Å². The van der Waals surface area contributed by atoms with Gasteiger partial charge in [-0.2, -0.15) is 0 Å². The van der Waals surface area contributed by atoms with Gasteiger partial charge in [-0.25, -0.2) is 0 Å². The Bertz CT molecular complexity index is 597. The number of ether oxygens (including phenoxy) is 2. The smallest absolute Gasteiger partial charge is 0.496 e. The molecule has 0 saturated carbocycles. The summed E-state index contributed by atoms with van der Waals surface area (Å²) >= 11 is 0. The van der Waals surface area contributed by atoms with Crippen molar-refractivity contribution in [2.75, 3.05) is 7.11 Å². The first-order valence-corrected chi connectivity index (χ1v) is 6.15. The predicted molar refractivity (Wildman–Crippen MR) is 72.1 cm³/mol. The van der Waals surface area contributed by atoms with Crippen LogP contribution in [0.4, 0.5) is 13.2 Å². The van der Waals surface area contributed by atoms with Gasteiger partial charge in [0.15, 0.2) is 0 Å². The maximum Gasteiger partial charge on any atom is 0.573 e. The number of hydrogen-bond donors (Lipinski definition) is 1. The lowest BCUT2D eigenvalue weighted by Crippen LogP contribution is -2.17. The molecule has 0 unspecified atom stereocenters. The fourth-order valence-corrected chi connectivity index (χ4v) is 1.98. The van der Waals surface area contributed by atoms with E-state index >= 15 is 0 Å². The van der Waals surface area contributed by atoms with Gasteiger partial charge in [-0.05, 0) is 23.8 Å². The van der Waals surface area contributed by atoms with Crippen LogP contribution in [0.15, 0.2) is 48.5 Å².